The van der Waals surface area contributed by atoms with Crippen molar-refractivity contribution in [3.05, 3.63) is 47.3 Å². The lowest BCUT2D eigenvalue weighted by atomic mass is 9.88. The molecule has 0 heterocycles. The molecule has 0 aliphatic heterocycles. The second kappa shape index (κ2) is 6.60. The minimum atomic E-state index is 0.446. The third-order valence-corrected chi connectivity index (χ3v) is 3.27. The fourth-order valence-electron chi connectivity index (χ4n) is 2.27. The summed E-state index contributed by atoms with van der Waals surface area (Å²) < 4.78 is 0. The highest BCUT2D eigenvalue weighted by molar-refractivity contribution is 5.41. The van der Waals surface area contributed by atoms with Crippen LogP contribution in [0.3, 0.4) is 0 Å². The van der Waals surface area contributed by atoms with Crippen molar-refractivity contribution in [2.45, 2.75) is 25.7 Å². The lowest BCUT2D eigenvalue weighted by Crippen LogP contribution is -2.03. The Morgan fingerprint density at radius 2 is 2.00 bits per heavy atom. The molecule has 1 unspecified atom stereocenters. The van der Waals surface area contributed by atoms with Gasteiger partial charge in [0.25, 0.3) is 0 Å². The van der Waals surface area contributed by atoms with Crippen LogP contribution in [0.5, 0.6) is 0 Å². The third-order valence-electron chi connectivity index (χ3n) is 3.27. The van der Waals surface area contributed by atoms with Crippen LogP contribution in [-0.2, 0) is 9.59 Å². The molecular weight excluding hydrogens is 240 g/mol. The number of isocyanates is 2. The molecule has 4 nitrogen and oxygen atoms in total. The number of carbonyl (C=O) groups excluding carboxylic acids is 2. The van der Waals surface area contributed by atoms with Crippen LogP contribution in [0.25, 0.3) is 0 Å². The van der Waals surface area contributed by atoms with Crippen LogP contribution in [0.4, 0.5) is 0 Å². The second-order valence-corrected chi connectivity index (χ2v) is 4.58. The van der Waals surface area contributed by atoms with Crippen molar-refractivity contribution >= 4 is 12.2 Å². The molecule has 4 heteroatoms. The van der Waals surface area contributed by atoms with Crippen molar-refractivity contribution in [1.29, 1.82) is 0 Å². The van der Waals surface area contributed by atoms with E-state index in [0.29, 0.717) is 11.6 Å². The average molecular weight is 254 g/mol. The van der Waals surface area contributed by atoms with Gasteiger partial charge in [0, 0.05) is 0 Å². The first kappa shape index (κ1) is 13.2. The van der Waals surface area contributed by atoms with Gasteiger partial charge in [-0.1, -0.05) is 23.8 Å². The Labute approximate surface area is 111 Å². The highest BCUT2D eigenvalue weighted by atomic mass is 16.1. The molecule has 0 saturated carbocycles. The predicted octanol–water partition coefficient (Wildman–Crippen LogP) is 3.11. The molecule has 0 amide bonds. The Hall–Kier alpha value is -2.28. The normalized spacial score (nSPS) is 21.5. The zero-order valence-corrected chi connectivity index (χ0v) is 10.5. The van der Waals surface area contributed by atoms with Gasteiger partial charge in [0.1, 0.15) is 0 Å². The van der Waals surface area contributed by atoms with E-state index in [9.17, 15) is 9.59 Å². The van der Waals surface area contributed by atoms with E-state index in [1.54, 1.807) is 12.2 Å². The highest BCUT2D eigenvalue weighted by Crippen LogP contribution is 2.28. The number of hydrogen-bond donors (Lipinski definition) is 0. The lowest BCUT2D eigenvalue weighted by molar-refractivity contribution is 0.563. The van der Waals surface area contributed by atoms with E-state index < -0.39 is 0 Å². The summed E-state index contributed by atoms with van der Waals surface area (Å²) in [6, 6.07) is 0. The van der Waals surface area contributed by atoms with E-state index in [4.69, 9.17) is 0 Å². The molecule has 0 aromatic rings. The van der Waals surface area contributed by atoms with Gasteiger partial charge in [-0.15, -0.1) is 0 Å². The van der Waals surface area contributed by atoms with E-state index in [1.807, 2.05) is 24.3 Å². The van der Waals surface area contributed by atoms with E-state index >= 15 is 0 Å². The van der Waals surface area contributed by atoms with Crippen LogP contribution >= 0.6 is 0 Å². The molecular formula is C15H14N2O2. The summed E-state index contributed by atoms with van der Waals surface area (Å²) in [5, 5.41) is 0. The standard InChI is InChI=1S/C15H14N2O2/c18-10-16-14-5-1-12(2-6-14)9-13-3-7-15(8-4-13)17-11-19/h1,3,5-7,12H,2,4,8-9H2. The molecule has 0 spiro atoms. The van der Waals surface area contributed by atoms with Gasteiger partial charge in [0.2, 0.25) is 12.2 Å². The third kappa shape index (κ3) is 3.85. The van der Waals surface area contributed by atoms with E-state index in [0.717, 1.165) is 31.4 Å². The largest absolute Gasteiger partial charge is 0.240 e. The second-order valence-electron chi connectivity index (χ2n) is 4.58. The van der Waals surface area contributed by atoms with Crippen LogP contribution < -0.4 is 0 Å². The molecule has 0 N–H and O–H groups in total. The molecule has 96 valence electrons. The van der Waals surface area contributed by atoms with Crippen molar-refractivity contribution in [3.8, 4) is 0 Å². The van der Waals surface area contributed by atoms with Gasteiger partial charge in [-0.05, 0) is 43.8 Å². The average Bonchev–Trinajstić information content (AvgIpc) is 2.44. The van der Waals surface area contributed by atoms with Crippen LogP contribution in [0, 0.1) is 5.92 Å². The topological polar surface area (TPSA) is 58.9 Å². The quantitative estimate of drug-likeness (QED) is 0.571. The number of allylic oxidation sites excluding steroid dienone is 7. The van der Waals surface area contributed by atoms with E-state index in [1.165, 1.54) is 5.57 Å². The minimum Gasteiger partial charge on any atom is -0.211 e. The fraction of sp³-hybridized carbons (Fsp3) is 0.333. The molecule has 0 aromatic heterocycles. The molecule has 2 aliphatic carbocycles. The smallest absolute Gasteiger partial charge is 0.211 e. The summed E-state index contributed by atoms with van der Waals surface area (Å²) in [4.78, 5) is 27.5. The van der Waals surface area contributed by atoms with Crippen molar-refractivity contribution in [2.24, 2.45) is 15.9 Å². The first-order valence-electron chi connectivity index (χ1n) is 6.24. The summed E-state index contributed by atoms with van der Waals surface area (Å²) >= 11 is 0. The summed E-state index contributed by atoms with van der Waals surface area (Å²) in [7, 11) is 0. The van der Waals surface area contributed by atoms with Crippen LogP contribution in [-0.4, -0.2) is 12.2 Å². The molecule has 0 saturated heterocycles. The Kier molecular flexibility index (Phi) is 4.57. The van der Waals surface area contributed by atoms with Crippen LogP contribution in [0.15, 0.2) is 57.3 Å². The Morgan fingerprint density at radius 1 is 1.16 bits per heavy atom. The zero-order chi connectivity index (χ0) is 13.5. The lowest BCUT2D eigenvalue weighted by Gasteiger charge is -2.18. The highest BCUT2D eigenvalue weighted by Gasteiger charge is 2.13. The number of aliphatic imine (C=N–C) groups is 2. The summed E-state index contributed by atoms with van der Waals surface area (Å²) in [5.74, 6) is 0.446. The van der Waals surface area contributed by atoms with Gasteiger partial charge < -0.3 is 0 Å². The molecule has 0 bridgehead atoms. The maximum absolute atomic E-state index is 10.2. The van der Waals surface area contributed by atoms with Crippen molar-refractivity contribution < 1.29 is 9.59 Å². The zero-order valence-electron chi connectivity index (χ0n) is 10.5. The minimum absolute atomic E-state index is 0.446. The van der Waals surface area contributed by atoms with Gasteiger partial charge in [-0.2, -0.15) is 9.98 Å². The van der Waals surface area contributed by atoms with Crippen molar-refractivity contribution in [2.75, 3.05) is 0 Å². The molecule has 2 rings (SSSR count). The first-order chi connectivity index (χ1) is 9.31. The number of hydrogen-bond acceptors (Lipinski definition) is 4. The number of nitrogens with zero attached hydrogens (tertiary/aromatic N) is 2. The Bertz CT molecular complexity index is 569. The van der Waals surface area contributed by atoms with Gasteiger partial charge in [-0.25, -0.2) is 9.59 Å². The van der Waals surface area contributed by atoms with E-state index in [-0.39, 0.29) is 0 Å². The van der Waals surface area contributed by atoms with Crippen molar-refractivity contribution in [3.63, 3.8) is 0 Å². The summed E-state index contributed by atoms with van der Waals surface area (Å²) in [6.07, 6.45) is 16.5. The fourth-order valence-corrected chi connectivity index (χ4v) is 2.27. The molecule has 2 aliphatic rings. The molecule has 0 aromatic carbocycles. The maximum atomic E-state index is 10.2. The molecule has 19 heavy (non-hydrogen) atoms. The molecule has 0 radical (unpaired) electrons. The maximum Gasteiger partial charge on any atom is 0.240 e. The molecule has 1 atom stereocenters. The van der Waals surface area contributed by atoms with Crippen LogP contribution in [0.2, 0.25) is 0 Å². The first-order valence-corrected chi connectivity index (χ1v) is 6.24. The van der Waals surface area contributed by atoms with Gasteiger partial charge in [0.05, 0.1) is 11.4 Å². The summed E-state index contributed by atoms with van der Waals surface area (Å²) in [5.41, 5.74) is 2.84. The Balaban J connectivity index is 1.93. The summed E-state index contributed by atoms with van der Waals surface area (Å²) in [6.45, 7) is 0. The SMILES string of the molecule is O=C=NC1=CCC(CC2=CC=C(N=C=O)CC2)C=C1. The predicted molar refractivity (Wildman–Crippen MR) is 71.6 cm³/mol. The number of rotatable bonds is 4. The van der Waals surface area contributed by atoms with Crippen molar-refractivity contribution in [1.82, 2.24) is 0 Å². The molecule has 0 fully saturated rings. The van der Waals surface area contributed by atoms with Gasteiger partial charge >= 0.3 is 0 Å². The van der Waals surface area contributed by atoms with Gasteiger partial charge in [-0.3, -0.25) is 0 Å². The van der Waals surface area contributed by atoms with E-state index in [2.05, 4.69) is 16.1 Å². The van der Waals surface area contributed by atoms with Crippen LogP contribution in [0.1, 0.15) is 25.7 Å². The Morgan fingerprint density at radius 3 is 2.58 bits per heavy atom. The van der Waals surface area contributed by atoms with Gasteiger partial charge in [0.15, 0.2) is 0 Å². The monoisotopic (exact) mass is 254 g/mol.